The third-order valence-corrected chi connectivity index (χ3v) is 7.38. The molecule has 6 nitrogen and oxygen atoms in total. The SMILES string of the molecule is Cc1sc2ncn(CC(=O)Nc3ccccc3-c3nc4ccccc4s3)c(=O)c2c1C. The number of carbonyl (C=O) groups excluding carboxylic acids is 1. The van der Waals surface area contributed by atoms with Crippen molar-refractivity contribution in [2.45, 2.75) is 20.4 Å². The highest BCUT2D eigenvalue weighted by Crippen LogP contribution is 2.34. The van der Waals surface area contributed by atoms with Crippen LogP contribution in [0.4, 0.5) is 5.69 Å². The van der Waals surface area contributed by atoms with Crippen molar-refractivity contribution < 1.29 is 4.79 Å². The first kappa shape index (κ1) is 19.6. The maximum absolute atomic E-state index is 12.9. The lowest BCUT2D eigenvalue weighted by Crippen LogP contribution is -2.28. The molecule has 0 fully saturated rings. The van der Waals surface area contributed by atoms with Gasteiger partial charge in [-0.2, -0.15) is 0 Å². The molecule has 2 aromatic carbocycles. The molecule has 3 aromatic heterocycles. The minimum atomic E-state index is -0.290. The summed E-state index contributed by atoms with van der Waals surface area (Å²) in [7, 11) is 0. The summed E-state index contributed by atoms with van der Waals surface area (Å²) in [6, 6.07) is 15.5. The van der Waals surface area contributed by atoms with Gasteiger partial charge in [0.1, 0.15) is 16.4 Å². The van der Waals surface area contributed by atoms with Gasteiger partial charge >= 0.3 is 0 Å². The van der Waals surface area contributed by atoms with Gasteiger partial charge in [0.2, 0.25) is 5.91 Å². The van der Waals surface area contributed by atoms with Crippen molar-refractivity contribution in [3.05, 3.63) is 75.7 Å². The molecule has 1 amide bonds. The molecule has 5 aromatic rings. The van der Waals surface area contributed by atoms with Crippen molar-refractivity contribution in [2.75, 3.05) is 5.32 Å². The number of hydrogen-bond donors (Lipinski definition) is 1. The van der Waals surface area contributed by atoms with Gasteiger partial charge in [-0.1, -0.05) is 24.3 Å². The summed E-state index contributed by atoms with van der Waals surface area (Å²) in [5, 5.41) is 4.37. The Morgan fingerprint density at radius 2 is 1.84 bits per heavy atom. The molecular weight excluding hydrogens is 428 g/mol. The number of nitrogens with one attached hydrogen (secondary N) is 1. The summed E-state index contributed by atoms with van der Waals surface area (Å²) in [5.41, 5.74) is 3.17. The summed E-state index contributed by atoms with van der Waals surface area (Å²) in [4.78, 5) is 36.5. The Kier molecular flexibility index (Phi) is 4.88. The Morgan fingerprint density at radius 3 is 2.68 bits per heavy atom. The summed E-state index contributed by atoms with van der Waals surface area (Å²) >= 11 is 3.07. The Bertz CT molecular complexity index is 1480. The van der Waals surface area contributed by atoms with Gasteiger partial charge in [0.25, 0.3) is 5.56 Å². The van der Waals surface area contributed by atoms with Crippen molar-refractivity contribution in [3.8, 4) is 10.6 Å². The van der Waals surface area contributed by atoms with Crippen LogP contribution in [0.15, 0.2) is 59.7 Å². The fraction of sp³-hybridized carbons (Fsp3) is 0.130. The molecule has 0 bridgehead atoms. The molecule has 154 valence electrons. The zero-order valence-electron chi connectivity index (χ0n) is 16.9. The Morgan fingerprint density at radius 1 is 1.06 bits per heavy atom. The lowest BCUT2D eigenvalue weighted by Gasteiger charge is -2.10. The molecule has 0 atom stereocenters. The minimum absolute atomic E-state index is 0.107. The number of thiophene rings is 1. The van der Waals surface area contributed by atoms with E-state index in [2.05, 4.69) is 10.3 Å². The number of thiazole rings is 1. The first-order valence-corrected chi connectivity index (χ1v) is 11.3. The molecule has 0 spiro atoms. The van der Waals surface area contributed by atoms with Gasteiger partial charge in [0.15, 0.2) is 0 Å². The maximum Gasteiger partial charge on any atom is 0.262 e. The fourth-order valence-corrected chi connectivity index (χ4v) is 5.49. The number of aryl methyl sites for hydroxylation is 2. The van der Waals surface area contributed by atoms with Crippen LogP contribution < -0.4 is 10.9 Å². The van der Waals surface area contributed by atoms with E-state index >= 15 is 0 Å². The van der Waals surface area contributed by atoms with Crippen LogP contribution in [0.1, 0.15) is 10.4 Å². The van der Waals surface area contributed by atoms with Crippen LogP contribution in [0.3, 0.4) is 0 Å². The van der Waals surface area contributed by atoms with Gasteiger partial charge in [-0.3, -0.25) is 14.2 Å². The second-order valence-corrected chi connectivity index (χ2v) is 9.46. The maximum atomic E-state index is 12.9. The average molecular weight is 447 g/mol. The molecule has 5 rings (SSSR count). The van der Waals surface area contributed by atoms with Gasteiger partial charge in [0, 0.05) is 10.4 Å². The van der Waals surface area contributed by atoms with Gasteiger partial charge in [0.05, 0.1) is 27.6 Å². The number of fused-ring (bicyclic) bond motifs is 2. The molecule has 0 aliphatic heterocycles. The summed E-state index contributed by atoms with van der Waals surface area (Å²) < 4.78 is 2.45. The predicted molar refractivity (Wildman–Crippen MR) is 127 cm³/mol. The lowest BCUT2D eigenvalue weighted by atomic mass is 10.2. The van der Waals surface area contributed by atoms with E-state index in [0.29, 0.717) is 15.9 Å². The first-order valence-electron chi connectivity index (χ1n) is 9.71. The third kappa shape index (κ3) is 3.54. The highest BCUT2D eigenvalue weighted by Gasteiger charge is 2.16. The first-order chi connectivity index (χ1) is 15.0. The van der Waals surface area contributed by atoms with Crippen LogP contribution in [-0.4, -0.2) is 20.4 Å². The van der Waals surface area contributed by atoms with E-state index in [1.807, 2.05) is 62.4 Å². The van der Waals surface area contributed by atoms with E-state index in [9.17, 15) is 9.59 Å². The van der Waals surface area contributed by atoms with E-state index < -0.39 is 0 Å². The predicted octanol–water partition coefficient (Wildman–Crippen LogP) is 4.99. The van der Waals surface area contributed by atoms with E-state index in [-0.39, 0.29) is 18.0 Å². The highest BCUT2D eigenvalue weighted by atomic mass is 32.1. The van der Waals surface area contributed by atoms with Crippen molar-refractivity contribution in [1.82, 2.24) is 14.5 Å². The fourth-order valence-electron chi connectivity index (χ4n) is 3.49. The molecular formula is C23H18N4O2S2. The van der Waals surface area contributed by atoms with E-state index in [1.54, 1.807) is 11.3 Å². The molecule has 0 unspecified atom stereocenters. The van der Waals surface area contributed by atoms with Crippen LogP contribution in [-0.2, 0) is 11.3 Å². The molecule has 8 heteroatoms. The summed E-state index contributed by atoms with van der Waals surface area (Å²) in [5.74, 6) is -0.290. The largest absolute Gasteiger partial charge is 0.324 e. The van der Waals surface area contributed by atoms with Crippen molar-refractivity contribution >= 4 is 54.7 Å². The van der Waals surface area contributed by atoms with Crippen molar-refractivity contribution in [2.24, 2.45) is 0 Å². The van der Waals surface area contributed by atoms with Crippen LogP contribution in [0.2, 0.25) is 0 Å². The van der Waals surface area contributed by atoms with Crippen LogP contribution in [0.5, 0.6) is 0 Å². The Balaban J connectivity index is 1.44. The number of aromatic nitrogens is 3. The molecule has 1 N–H and O–H groups in total. The summed E-state index contributed by atoms with van der Waals surface area (Å²) in [6.45, 7) is 3.78. The van der Waals surface area contributed by atoms with Gasteiger partial charge in [-0.05, 0) is 43.7 Å². The van der Waals surface area contributed by atoms with E-state index in [1.165, 1.54) is 22.2 Å². The molecule has 31 heavy (non-hydrogen) atoms. The van der Waals surface area contributed by atoms with Crippen molar-refractivity contribution in [1.29, 1.82) is 0 Å². The van der Waals surface area contributed by atoms with Crippen LogP contribution >= 0.6 is 22.7 Å². The molecule has 0 saturated heterocycles. The van der Waals surface area contributed by atoms with Crippen LogP contribution in [0, 0.1) is 13.8 Å². The Hall–Kier alpha value is -3.36. The number of amides is 1. The molecule has 0 radical (unpaired) electrons. The molecule has 0 aliphatic carbocycles. The van der Waals surface area contributed by atoms with E-state index in [4.69, 9.17) is 4.98 Å². The number of para-hydroxylation sites is 2. The smallest absolute Gasteiger partial charge is 0.262 e. The zero-order valence-corrected chi connectivity index (χ0v) is 18.5. The average Bonchev–Trinajstić information content (AvgIpc) is 3.32. The highest BCUT2D eigenvalue weighted by molar-refractivity contribution is 7.21. The van der Waals surface area contributed by atoms with Crippen molar-refractivity contribution in [3.63, 3.8) is 0 Å². The van der Waals surface area contributed by atoms with Gasteiger partial charge in [-0.15, -0.1) is 22.7 Å². The minimum Gasteiger partial charge on any atom is -0.324 e. The standard InChI is InChI=1S/C23H18N4O2S2/c1-13-14(2)30-22-20(13)23(29)27(12-24-22)11-19(28)25-16-8-4-3-7-15(16)21-26-17-9-5-6-10-18(17)31-21/h3-10,12H,11H2,1-2H3,(H,25,28). The van der Waals surface area contributed by atoms with Gasteiger partial charge < -0.3 is 5.32 Å². The van der Waals surface area contributed by atoms with E-state index in [0.717, 1.165) is 31.2 Å². The molecule has 0 aliphatic rings. The number of rotatable bonds is 4. The monoisotopic (exact) mass is 446 g/mol. The normalized spacial score (nSPS) is 11.3. The number of benzene rings is 2. The number of carbonyl (C=O) groups is 1. The zero-order chi connectivity index (χ0) is 21.5. The number of anilines is 1. The lowest BCUT2D eigenvalue weighted by molar-refractivity contribution is -0.116. The van der Waals surface area contributed by atoms with Crippen LogP contribution in [0.25, 0.3) is 31.0 Å². The topological polar surface area (TPSA) is 76.9 Å². The van der Waals surface area contributed by atoms with Gasteiger partial charge in [-0.25, -0.2) is 9.97 Å². The number of nitrogens with zero attached hydrogens (tertiary/aromatic N) is 3. The quantitative estimate of drug-likeness (QED) is 0.422. The summed E-state index contributed by atoms with van der Waals surface area (Å²) in [6.07, 6.45) is 1.44. The second-order valence-electron chi connectivity index (χ2n) is 7.22. The Labute approximate surface area is 185 Å². The molecule has 0 saturated carbocycles. The number of hydrogen-bond acceptors (Lipinski definition) is 6. The third-order valence-electron chi connectivity index (χ3n) is 5.20. The molecule has 3 heterocycles. The second kappa shape index (κ2) is 7.72.